The summed E-state index contributed by atoms with van der Waals surface area (Å²) in [5.74, 6) is -0.244. The van der Waals surface area contributed by atoms with Gasteiger partial charge in [-0.05, 0) is 62.3 Å². The molecule has 1 N–H and O–H groups in total. The van der Waals surface area contributed by atoms with E-state index in [1.807, 2.05) is 44.2 Å². The zero-order valence-electron chi connectivity index (χ0n) is 23.4. The predicted octanol–water partition coefficient (Wildman–Crippen LogP) is 5.49. The quantitative estimate of drug-likeness (QED) is 0.342. The number of nitrogens with zero attached hydrogens (tertiary/aromatic N) is 2. The Morgan fingerprint density at radius 2 is 1.74 bits per heavy atom. The minimum atomic E-state index is -3.59. The highest BCUT2D eigenvalue weighted by atomic mass is 35.5. The maximum Gasteiger partial charge on any atom is 0.243 e. The minimum absolute atomic E-state index is 0.0990. The van der Waals surface area contributed by atoms with Crippen LogP contribution in [0.3, 0.4) is 0 Å². The van der Waals surface area contributed by atoms with Crippen LogP contribution in [0.4, 0.5) is 5.69 Å². The second-order valence-corrected chi connectivity index (χ2v) is 12.8. The van der Waals surface area contributed by atoms with Crippen molar-refractivity contribution in [2.45, 2.75) is 83.7 Å². The maximum absolute atomic E-state index is 13.6. The van der Waals surface area contributed by atoms with Crippen LogP contribution in [-0.4, -0.2) is 56.6 Å². The number of amides is 2. The molecule has 0 spiro atoms. The summed E-state index contributed by atoms with van der Waals surface area (Å²) < 4.78 is 26.6. The molecular weight excluding hydrogens is 534 g/mol. The number of anilines is 1. The molecule has 0 radical (unpaired) electrons. The van der Waals surface area contributed by atoms with Gasteiger partial charge in [-0.15, -0.1) is 0 Å². The van der Waals surface area contributed by atoms with E-state index >= 15 is 0 Å². The lowest BCUT2D eigenvalue weighted by Gasteiger charge is -2.33. The summed E-state index contributed by atoms with van der Waals surface area (Å²) >= 11 is 6.15. The van der Waals surface area contributed by atoms with Crippen molar-refractivity contribution in [1.82, 2.24) is 10.2 Å². The molecule has 0 aromatic heterocycles. The van der Waals surface area contributed by atoms with Crippen LogP contribution in [0.2, 0.25) is 5.02 Å². The van der Waals surface area contributed by atoms with Gasteiger partial charge in [0.1, 0.15) is 6.04 Å². The van der Waals surface area contributed by atoms with Crippen molar-refractivity contribution in [1.29, 1.82) is 0 Å². The van der Waals surface area contributed by atoms with Gasteiger partial charge in [0.05, 0.1) is 11.9 Å². The molecule has 0 saturated heterocycles. The number of sulfonamides is 1. The van der Waals surface area contributed by atoms with Crippen molar-refractivity contribution in [2.75, 3.05) is 23.7 Å². The highest BCUT2D eigenvalue weighted by molar-refractivity contribution is 7.92. The summed E-state index contributed by atoms with van der Waals surface area (Å²) in [6.45, 7) is 4.32. The Hall–Kier alpha value is -2.58. The maximum atomic E-state index is 13.6. The van der Waals surface area contributed by atoms with Crippen LogP contribution in [0.25, 0.3) is 0 Å². The van der Waals surface area contributed by atoms with Gasteiger partial charge in [-0.2, -0.15) is 0 Å². The first-order valence-electron chi connectivity index (χ1n) is 14.0. The Labute approximate surface area is 239 Å². The van der Waals surface area contributed by atoms with Gasteiger partial charge < -0.3 is 10.2 Å². The monoisotopic (exact) mass is 575 g/mol. The smallest absolute Gasteiger partial charge is 0.243 e. The molecule has 2 amide bonds. The molecule has 1 atom stereocenters. The fourth-order valence-corrected chi connectivity index (χ4v) is 6.45. The van der Waals surface area contributed by atoms with E-state index in [9.17, 15) is 18.0 Å². The lowest BCUT2D eigenvalue weighted by atomic mass is 9.95. The molecule has 214 valence electrons. The molecule has 2 aromatic carbocycles. The van der Waals surface area contributed by atoms with Crippen LogP contribution < -0.4 is 9.62 Å². The Morgan fingerprint density at radius 1 is 1.05 bits per heavy atom. The van der Waals surface area contributed by atoms with Gasteiger partial charge in [-0.25, -0.2) is 8.42 Å². The van der Waals surface area contributed by atoms with E-state index < -0.39 is 16.1 Å². The fourth-order valence-electron chi connectivity index (χ4n) is 5.27. The third-order valence-electron chi connectivity index (χ3n) is 7.41. The van der Waals surface area contributed by atoms with Crippen molar-refractivity contribution in [3.05, 3.63) is 64.7 Å². The Bertz CT molecular complexity index is 1200. The number of rotatable bonds is 13. The standard InChI is InChI=1S/C30H42ClN3O4S/c1-4-27(30(36)32-26-14-9-6-10-15-26)33(21-19-24-12-7-5-8-13-24)29(35)16-11-20-34(39(3,37)38)28-22-25(31)18-17-23(28)2/h5,7-8,12-13,17-18,22,26-27H,4,6,9-11,14-16,19-21H2,1-3H3,(H,32,36)/t27-/m0/s1. The third kappa shape index (κ3) is 9.24. The van der Waals surface area contributed by atoms with Gasteiger partial charge in [0.15, 0.2) is 0 Å². The van der Waals surface area contributed by atoms with Crippen LogP contribution in [0.5, 0.6) is 0 Å². The first-order valence-corrected chi connectivity index (χ1v) is 16.2. The SMILES string of the molecule is CC[C@@H](C(=O)NC1CCCCC1)N(CCc1ccccc1)C(=O)CCCN(c1cc(Cl)ccc1C)S(C)(=O)=O. The van der Waals surface area contributed by atoms with E-state index in [1.165, 1.54) is 10.7 Å². The summed E-state index contributed by atoms with van der Waals surface area (Å²) in [5.41, 5.74) is 2.39. The fraction of sp³-hybridized carbons (Fsp3) is 0.533. The van der Waals surface area contributed by atoms with Crippen molar-refractivity contribution >= 4 is 39.1 Å². The lowest BCUT2D eigenvalue weighted by Crippen LogP contribution is -2.52. The molecule has 7 nitrogen and oxygen atoms in total. The summed E-state index contributed by atoms with van der Waals surface area (Å²) in [6.07, 6.45) is 8.13. The number of hydrogen-bond donors (Lipinski definition) is 1. The number of hydrogen-bond acceptors (Lipinski definition) is 4. The Kier molecular flexibility index (Phi) is 11.7. The second-order valence-electron chi connectivity index (χ2n) is 10.5. The Morgan fingerprint density at radius 3 is 2.38 bits per heavy atom. The average Bonchev–Trinajstić information content (AvgIpc) is 2.91. The average molecular weight is 576 g/mol. The van der Waals surface area contributed by atoms with Crippen molar-refractivity contribution in [3.8, 4) is 0 Å². The number of nitrogens with one attached hydrogen (secondary N) is 1. The van der Waals surface area contributed by atoms with Gasteiger partial charge >= 0.3 is 0 Å². The number of benzene rings is 2. The summed E-state index contributed by atoms with van der Waals surface area (Å²) in [6, 6.07) is 14.6. The number of halogens is 1. The van der Waals surface area contributed by atoms with E-state index in [1.54, 1.807) is 23.1 Å². The predicted molar refractivity (Wildman–Crippen MR) is 159 cm³/mol. The molecule has 0 aliphatic heterocycles. The molecule has 0 heterocycles. The normalized spacial score (nSPS) is 15.0. The second kappa shape index (κ2) is 14.7. The van der Waals surface area contributed by atoms with Gasteiger partial charge in [0, 0.05) is 30.6 Å². The van der Waals surface area contributed by atoms with E-state index in [0.29, 0.717) is 36.5 Å². The highest BCUT2D eigenvalue weighted by Gasteiger charge is 2.30. The molecule has 1 fully saturated rings. The molecule has 39 heavy (non-hydrogen) atoms. The largest absolute Gasteiger partial charge is 0.352 e. The summed E-state index contributed by atoms with van der Waals surface area (Å²) in [4.78, 5) is 28.7. The van der Waals surface area contributed by atoms with Crippen LogP contribution >= 0.6 is 11.6 Å². The molecule has 1 saturated carbocycles. The van der Waals surface area contributed by atoms with Crippen molar-refractivity contribution in [2.24, 2.45) is 0 Å². The first kappa shape index (κ1) is 31.0. The number of carbonyl (C=O) groups is 2. The molecule has 1 aliphatic rings. The van der Waals surface area contributed by atoms with Crippen molar-refractivity contribution < 1.29 is 18.0 Å². The van der Waals surface area contributed by atoms with Gasteiger partial charge in [-0.3, -0.25) is 13.9 Å². The molecule has 1 aliphatic carbocycles. The summed E-state index contributed by atoms with van der Waals surface area (Å²) in [7, 11) is -3.59. The number of carbonyl (C=O) groups excluding carboxylic acids is 2. The zero-order valence-corrected chi connectivity index (χ0v) is 24.9. The third-order valence-corrected chi connectivity index (χ3v) is 8.83. The Balaban J connectivity index is 1.73. The van der Waals surface area contributed by atoms with Gasteiger partial charge in [-0.1, -0.05) is 74.2 Å². The molecular formula is C30H42ClN3O4S. The van der Waals surface area contributed by atoms with E-state index in [4.69, 9.17) is 11.6 Å². The van der Waals surface area contributed by atoms with Crippen LogP contribution in [-0.2, 0) is 26.0 Å². The van der Waals surface area contributed by atoms with Crippen LogP contribution in [0, 0.1) is 6.92 Å². The van der Waals surface area contributed by atoms with E-state index in [-0.39, 0.29) is 30.8 Å². The molecule has 0 bridgehead atoms. The molecule has 3 rings (SSSR count). The minimum Gasteiger partial charge on any atom is -0.352 e. The van der Waals surface area contributed by atoms with Gasteiger partial charge in [0.25, 0.3) is 0 Å². The first-order chi connectivity index (χ1) is 18.6. The van der Waals surface area contributed by atoms with E-state index in [2.05, 4.69) is 5.32 Å². The van der Waals surface area contributed by atoms with Crippen LogP contribution in [0.15, 0.2) is 48.5 Å². The molecule has 9 heteroatoms. The van der Waals surface area contributed by atoms with Crippen molar-refractivity contribution in [3.63, 3.8) is 0 Å². The zero-order chi connectivity index (χ0) is 28.4. The van der Waals surface area contributed by atoms with Gasteiger partial charge in [0.2, 0.25) is 21.8 Å². The van der Waals surface area contributed by atoms with Crippen LogP contribution in [0.1, 0.15) is 69.4 Å². The lowest BCUT2D eigenvalue weighted by molar-refractivity contribution is -0.141. The number of aryl methyl sites for hydroxylation is 1. The molecule has 2 aromatic rings. The topological polar surface area (TPSA) is 86.8 Å². The van der Waals surface area contributed by atoms with E-state index in [0.717, 1.165) is 43.1 Å². The highest BCUT2D eigenvalue weighted by Crippen LogP contribution is 2.27. The molecule has 0 unspecified atom stereocenters. The summed E-state index contributed by atoms with van der Waals surface area (Å²) in [5, 5.41) is 3.64.